The Morgan fingerprint density at radius 3 is 2.68 bits per heavy atom. The standard InChI is InChI=1S/C13H23N3O3/c1-2-15(10-17)8-7-13(18)16(19)12-6-4-3-5-11(12)9-14/h2,10-12,19H,1,3-9,14H2. The molecule has 108 valence electrons. The molecule has 1 saturated carbocycles. The van der Waals surface area contributed by atoms with Crippen molar-refractivity contribution < 1.29 is 14.8 Å². The van der Waals surface area contributed by atoms with E-state index in [1.807, 2.05) is 0 Å². The minimum absolute atomic E-state index is 0.0784. The van der Waals surface area contributed by atoms with Crippen molar-refractivity contribution in [2.45, 2.75) is 38.1 Å². The number of carbonyl (C=O) groups excluding carboxylic acids is 2. The van der Waals surface area contributed by atoms with Gasteiger partial charge in [0.1, 0.15) is 0 Å². The van der Waals surface area contributed by atoms with E-state index in [0.29, 0.717) is 13.0 Å². The minimum atomic E-state index is -0.376. The van der Waals surface area contributed by atoms with Gasteiger partial charge in [0.2, 0.25) is 12.3 Å². The van der Waals surface area contributed by atoms with Crippen LogP contribution >= 0.6 is 0 Å². The van der Waals surface area contributed by atoms with E-state index in [1.165, 1.54) is 11.1 Å². The summed E-state index contributed by atoms with van der Waals surface area (Å²) >= 11 is 0. The molecule has 0 radical (unpaired) electrons. The van der Waals surface area contributed by atoms with Crippen LogP contribution in [-0.4, -0.2) is 46.6 Å². The lowest BCUT2D eigenvalue weighted by atomic mass is 9.84. The van der Waals surface area contributed by atoms with E-state index in [-0.39, 0.29) is 30.8 Å². The highest BCUT2D eigenvalue weighted by Gasteiger charge is 2.31. The summed E-state index contributed by atoms with van der Waals surface area (Å²) in [6.07, 6.45) is 5.85. The molecule has 0 bridgehead atoms. The van der Waals surface area contributed by atoms with E-state index in [0.717, 1.165) is 30.7 Å². The maximum absolute atomic E-state index is 11.9. The van der Waals surface area contributed by atoms with Gasteiger partial charge in [-0.2, -0.15) is 0 Å². The molecule has 19 heavy (non-hydrogen) atoms. The topological polar surface area (TPSA) is 86.9 Å². The van der Waals surface area contributed by atoms with Crippen LogP contribution in [0.5, 0.6) is 0 Å². The van der Waals surface area contributed by atoms with Crippen molar-refractivity contribution in [1.82, 2.24) is 9.96 Å². The maximum Gasteiger partial charge on any atom is 0.247 e. The van der Waals surface area contributed by atoms with Crippen molar-refractivity contribution in [2.24, 2.45) is 11.7 Å². The molecule has 2 unspecified atom stereocenters. The Hall–Kier alpha value is -1.40. The molecule has 0 aliphatic heterocycles. The third kappa shape index (κ3) is 4.33. The molecule has 0 aromatic rings. The van der Waals surface area contributed by atoms with Gasteiger partial charge in [0.05, 0.1) is 6.04 Å². The van der Waals surface area contributed by atoms with Crippen LogP contribution in [-0.2, 0) is 9.59 Å². The van der Waals surface area contributed by atoms with Crippen LogP contribution in [0, 0.1) is 5.92 Å². The Morgan fingerprint density at radius 1 is 1.42 bits per heavy atom. The zero-order valence-corrected chi connectivity index (χ0v) is 11.2. The van der Waals surface area contributed by atoms with Gasteiger partial charge in [-0.1, -0.05) is 19.4 Å². The first kappa shape index (κ1) is 15.7. The number of amides is 2. The van der Waals surface area contributed by atoms with Crippen LogP contribution in [0.3, 0.4) is 0 Å². The second-order valence-corrected chi connectivity index (χ2v) is 4.86. The molecule has 1 rings (SSSR count). The fourth-order valence-corrected chi connectivity index (χ4v) is 2.50. The number of carbonyl (C=O) groups is 2. The smallest absolute Gasteiger partial charge is 0.247 e. The van der Waals surface area contributed by atoms with Crippen LogP contribution in [0.1, 0.15) is 32.1 Å². The molecule has 1 aliphatic rings. The van der Waals surface area contributed by atoms with Gasteiger partial charge in [-0.15, -0.1) is 0 Å². The van der Waals surface area contributed by atoms with Gasteiger partial charge in [-0.3, -0.25) is 14.8 Å². The molecular formula is C13H23N3O3. The average Bonchev–Trinajstić information content (AvgIpc) is 2.47. The predicted octanol–water partition coefficient (Wildman–Crippen LogP) is 0.714. The summed E-state index contributed by atoms with van der Waals surface area (Å²) in [5, 5.41) is 10.8. The van der Waals surface area contributed by atoms with E-state index < -0.39 is 0 Å². The van der Waals surface area contributed by atoms with E-state index >= 15 is 0 Å². The van der Waals surface area contributed by atoms with Gasteiger partial charge in [0.25, 0.3) is 0 Å². The van der Waals surface area contributed by atoms with Crippen molar-refractivity contribution in [3.63, 3.8) is 0 Å². The van der Waals surface area contributed by atoms with Crippen LogP contribution in [0.25, 0.3) is 0 Å². The average molecular weight is 269 g/mol. The Labute approximate surface area is 113 Å². The second kappa shape index (κ2) is 7.91. The third-order valence-corrected chi connectivity index (χ3v) is 3.70. The molecule has 3 N–H and O–H groups in total. The molecule has 0 saturated heterocycles. The summed E-state index contributed by atoms with van der Waals surface area (Å²) in [6.45, 7) is 4.16. The van der Waals surface area contributed by atoms with E-state index in [1.54, 1.807) is 0 Å². The molecule has 6 heteroatoms. The van der Waals surface area contributed by atoms with Crippen molar-refractivity contribution >= 4 is 12.3 Å². The number of nitrogens with zero attached hydrogens (tertiary/aromatic N) is 2. The summed E-state index contributed by atoms with van der Waals surface area (Å²) in [6, 6.07) is -0.195. The molecule has 0 heterocycles. The highest BCUT2D eigenvalue weighted by Crippen LogP contribution is 2.27. The lowest BCUT2D eigenvalue weighted by Gasteiger charge is -2.35. The fraction of sp³-hybridized carbons (Fsp3) is 0.692. The van der Waals surface area contributed by atoms with Gasteiger partial charge in [0, 0.05) is 13.0 Å². The molecule has 2 atom stereocenters. The zero-order chi connectivity index (χ0) is 14.3. The summed E-state index contributed by atoms with van der Waals surface area (Å²) in [5.41, 5.74) is 5.68. The first-order valence-corrected chi connectivity index (χ1v) is 6.68. The van der Waals surface area contributed by atoms with Crippen molar-refractivity contribution in [3.8, 4) is 0 Å². The predicted molar refractivity (Wildman–Crippen MR) is 71.0 cm³/mol. The normalized spacial score (nSPS) is 22.6. The zero-order valence-electron chi connectivity index (χ0n) is 11.2. The summed E-state index contributed by atoms with van der Waals surface area (Å²) in [4.78, 5) is 23.7. The molecule has 1 aliphatic carbocycles. The second-order valence-electron chi connectivity index (χ2n) is 4.86. The van der Waals surface area contributed by atoms with E-state index in [4.69, 9.17) is 5.73 Å². The highest BCUT2D eigenvalue weighted by molar-refractivity contribution is 5.75. The van der Waals surface area contributed by atoms with Crippen molar-refractivity contribution in [2.75, 3.05) is 13.1 Å². The Balaban J connectivity index is 2.50. The number of rotatable bonds is 7. The lowest BCUT2D eigenvalue weighted by molar-refractivity contribution is -0.183. The molecule has 0 aromatic heterocycles. The molecule has 0 aromatic carbocycles. The van der Waals surface area contributed by atoms with Gasteiger partial charge in [0.15, 0.2) is 0 Å². The van der Waals surface area contributed by atoms with Crippen LogP contribution in [0.2, 0.25) is 0 Å². The SMILES string of the molecule is C=CN(C=O)CCC(=O)N(O)C1CCCCC1CN. The maximum atomic E-state index is 11.9. The quantitative estimate of drug-likeness (QED) is 0.405. The summed E-state index contributed by atoms with van der Waals surface area (Å²) in [5.74, 6) is -0.219. The fourth-order valence-electron chi connectivity index (χ4n) is 2.50. The number of hydrogen-bond acceptors (Lipinski definition) is 4. The van der Waals surface area contributed by atoms with Gasteiger partial charge < -0.3 is 10.6 Å². The van der Waals surface area contributed by atoms with E-state index in [9.17, 15) is 14.8 Å². The number of hydrogen-bond donors (Lipinski definition) is 2. The van der Waals surface area contributed by atoms with E-state index in [2.05, 4.69) is 6.58 Å². The van der Waals surface area contributed by atoms with Crippen molar-refractivity contribution in [3.05, 3.63) is 12.8 Å². The molecule has 0 spiro atoms. The van der Waals surface area contributed by atoms with Crippen molar-refractivity contribution in [1.29, 1.82) is 0 Å². The van der Waals surface area contributed by atoms with Gasteiger partial charge in [-0.05, 0) is 31.5 Å². The largest absolute Gasteiger partial charge is 0.330 e. The number of hydroxylamine groups is 2. The Kier molecular flexibility index (Phi) is 6.52. The summed E-state index contributed by atoms with van der Waals surface area (Å²) in [7, 11) is 0. The molecule has 6 nitrogen and oxygen atoms in total. The number of nitrogens with two attached hydrogens (primary N) is 1. The van der Waals surface area contributed by atoms with Crippen LogP contribution in [0.15, 0.2) is 12.8 Å². The van der Waals surface area contributed by atoms with Gasteiger partial charge in [-0.25, -0.2) is 5.06 Å². The highest BCUT2D eigenvalue weighted by atomic mass is 16.5. The summed E-state index contributed by atoms with van der Waals surface area (Å²) < 4.78 is 0. The lowest BCUT2D eigenvalue weighted by Crippen LogP contribution is -2.46. The minimum Gasteiger partial charge on any atom is -0.330 e. The molecule has 2 amide bonds. The third-order valence-electron chi connectivity index (χ3n) is 3.70. The first-order valence-electron chi connectivity index (χ1n) is 6.68. The first-order chi connectivity index (χ1) is 9.13. The van der Waals surface area contributed by atoms with Gasteiger partial charge >= 0.3 is 0 Å². The Bertz CT molecular complexity index is 314. The molecule has 1 fully saturated rings. The Morgan fingerprint density at radius 2 is 2.11 bits per heavy atom. The van der Waals surface area contributed by atoms with Crippen LogP contribution < -0.4 is 5.73 Å². The van der Waals surface area contributed by atoms with Crippen LogP contribution in [0.4, 0.5) is 0 Å². The monoisotopic (exact) mass is 269 g/mol. The molecular weight excluding hydrogens is 246 g/mol.